The fraction of sp³-hybridized carbons (Fsp3) is 0.458. The monoisotopic (exact) mass is 490 g/mol. The Morgan fingerprint density at radius 2 is 1.94 bits per heavy atom. The summed E-state index contributed by atoms with van der Waals surface area (Å²) in [6.07, 6.45) is 1.47. The van der Waals surface area contributed by atoms with Crippen molar-refractivity contribution >= 4 is 34.4 Å². The van der Waals surface area contributed by atoms with Crippen LogP contribution in [0.3, 0.4) is 0 Å². The van der Waals surface area contributed by atoms with Gasteiger partial charge in [-0.05, 0) is 43.9 Å². The van der Waals surface area contributed by atoms with Crippen molar-refractivity contribution in [1.82, 2.24) is 15.0 Å². The van der Waals surface area contributed by atoms with Crippen molar-refractivity contribution in [3.63, 3.8) is 0 Å². The molecule has 1 aliphatic rings. The molecule has 1 aromatic carbocycles. The summed E-state index contributed by atoms with van der Waals surface area (Å²) in [5, 5.41) is 9.35. The van der Waals surface area contributed by atoms with E-state index in [0.717, 1.165) is 37.6 Å². The molecule has 0 saturated carbocycles. The van der Waals surface area contributed by atoms with Crippen LogP contribution in [0.5, 0.6) is 6.01 Å². The Labute approximate surface area is 202 Å². The number of benzene rings is 1. The van der Waals surface area contributed by atoms with Crippen LogP contribution in [0, 0.1) is 0 Å². The predicted molar refractivity (Wildman–Crippen MR) is 128 cm³/mol. The summed E-state index contributed by atoms with van der Waals surface area (Å²) in [6, 6.07) is 10.1. The van der Waals surface area contributed by atoms with Crippen molar-refractivity contribution in [2.24, 2.45) is 0 Å². The number of fused-ring (bicyclic) bond motifs is 1. The second-order valence-electron chi connectivity index (χ2n) is 8.24. The Bertz CT molecular complexity index is 1100. The van der Waals surface area contributed by atoms with E-state index >= 15 is 0 Å². The number of anilines is 1. The molecule has 4 rings (SSSR count). The van der Waals surface area contributed by atoms with Gasteiger partial charge in [-0.15, -0.1) is 0 Å². The molecule has 1 aliphatic heterocycles. The first-order valence-corrected chi connectivity index (χ1v) is 11.8. The molecule has 1 saturated heterocycles. The average molecular weight is 491 g/mol. The molecule has 0 spiro atoms. The van der Waals surface area contributed by atoms with Gasteiger partial charge in [0.25, 0.3) is 6.01 Å². The maximum Gasteiger partial charge on any atom is 0.303 e. The quantitative estimate of drug-likeness (QED) is 0.395. The number of carboxylic acid groups (broad SMARTS) is 1. The van der Waals surface area contributed by atoms with Crippen LogP contribution >= 0.6 is 11.6 Å². The molecule has 34 heavy (non-hydrogen) atoms. The molecular formula is C24H28ClFN4O4. The SMILES string of the molecule is O=C(O)CCC[C@H](CCCF)Oc1nc2nc(-c3ccc(N4CCOCC4)cc3)c(Cl)cc2[nH]1. The number of rotatable bonds is 11. The smallest absolute Gasteiger partial charge is 0.303 e. The van der Waals surface area contributed by atoms with Crippen LogP contribution in [0.15, 0.2) is 30.3 Å². The third-order valence-corrected chi connectivity index (χ3v) is 6.06. The summed E-state index contributed by atoms with van der Waals surface area (Å²) in [5.74, 6) is -0.864. The minimum absolute atomic E-state index is 0.0421. The van der Waals surface area contributed by atoms with Crippen molar-refractivity contribution in [3.8, 4) is 17.3 Å². The van der Waals surface area contributed by atoms with Crippen LogP contribution in [-0.4, -0.2) is 65.1 Å². The lowest BCUT2D eigenvalue weighted by atomic mass is 10.1. The Morgan fingerprint density at radius 1 is 1.21 bits per heavy atom. The van der Waals surface area contributed by atoms with Crippen molar-refractivity contribution in [2.75, 3.05) is 37.9 Å². The first-order valence-electron chi connectivity index (χ1n) is 11.5. The number of H-pyrrole nitrogens is 1. The van der Waals surface area contributed by atoms with Gasteiger partial charge in [0.15, 0.2) is 5.65 Å². The number of pyridine rings is 1. The molecular weight excluding hydrogens is 463 g/mol. The number of aliphatic carboxylic acids is 1. The van der Waals surface area contributed by atoms with Crippen LogP contribution in [0.1, 0.15) is 32.1 Å². The van der Waals surface area contributed by atoms with E-state index in [1.165, 1.54) is 0 Å². The van der Waals surface area contributed by atoms with Gasteiger partial charge in [-0.1, -0.05) is 23.7 Å². The molecule has 182 valence electrons. The molecule has 1 fully saturated rings. The minimum Gasteiger partial charge on any atom is -0.481 e. The second kappa shape index (κ2) is 11.5. The molecule has 2 N–H and O–H groups in total. The zero-order valence-corrected chi connectivity index (χ0v) is 19.6. The molecule has 0 radical (unpaired) electrons. The Hall–Kier alpha value is -2.91. The predicted octanol–water partition coefficient (Wildman–Crippen LogP) is 4.87. The number of carboxylic acids is 1. The second-order valence-corrected chi connectivity index (χ2v) is 8.64. The molecule has 0 bridgehead atoms. The molecule has 2 aromatic heterocycles. The number of carbonyl (C=O) groups is 1. The fourth-order valence-corrected chi connectivity index (χ4v) is 4.27. The molecule has 1 atom stereocenters. The highest BCUT2D eigenvalue weighted by molar-refractivity contribution is 6.33. The van der Waals surface area contributed by atoms with Gasteiger partial charge in [0.2, 0.25) is 0 Å². The number of hydrogen-bond donors (Lipinski definition) is 2. The molecule has 0 aliphatic carbocycles. The number of imidazole rings is 1. The van der Waals surface area contributed by atoms with Crippen molar-refractivity contribution in [3.05, 3.63) is 35.4 Å². The summed E-state index contributed by atoms with van der Waals surface area (Å²) in [7, 11) is 0. The standard InChI is InChI=1S/C24H28ClFN4O4/c25-19-15-20-23(29-24(27-20)34-18(4-2-10-26)3-1-5-21(31)32)28-22(19)16-6-8-17(9-7-16)30-11-13-33-14-12-30/h6-9,15,18H,1-5,10-14H2,(H,31,32)(H,27,28,29)/t18-/m1/s1. The van der Waals surface area contributed by atoms with Crippen molar-refractivity contribution < 1.29 is 23.8 Å². The maximum atomic E-state index is 12.7. The van der Waals surface area contributed by atoms with E-state index < -0.39 is 12.6 Å². The number of nitrogens with zero attached hydrogens (tertiary/aromatic N) is 3. The highest BCUT2D eigenvalue weighted by atomic mass is 35.5. The number of aromatic nitrogens is 3. The Morgan fingerprint density at radius 3 is 2.65 bits per heavy atom. The van der Waals surface area contributed by atoms with Crippen LogP contribution in [0.2, 0.25) is 5.02 Å². The zero-order valence-electron chi connectivity index (χ0n) is 18.8. The number of nitrogens with one attached hydrogen (secondary N) is 1. The van der Waals surface area contributed by atoms with Crippen LogP contribution < -0.4 is 9.64 Å². The minimum atomic E-state index is -0.864. The van der Waals surface area contributed by atoms with E-state index in [0.29, 0.717) is 47.6 Å². The lowest BCUT2D eigenvalue weighted by Gasteiger charge is -2.28. The number of hydrogen-bond acceptors (Lipinski definition) is 6. The first kappa shape index (κ1) is 24.2. The topological polar surface area (TPSA) is 101 Å². The summed E-state index contributed by atoms with van der Waals surface area (Å²) in [6.45, 7) is 2.73. The molecule has 3 aromatic rings. The van der Waals surface area contributed by atoms with Gasteiger partial charge in [0.1, 0.15) is 6.10 Å². The summed E-state index contributed by atoms with van der Waals surface area (Å²) in [4.78, 5) is 25.2. The number of morpholine rings is 1. The average Bonchev–Trinajstić information content (AvgIpc) is 3.23. The van der Waals surface area contributed by atoms with E-state index in [1.54, 1.807) is 6.07 Å². The van der Waals surface area contributed by atoms with E-state index in [4.69, 9.17) is 26.2 Å². The number of ether oxygens (including phenoxy) is 2. The lowest BCUT2D eigenvalue weighted by molar-refractivity contribution is -0.137. The maximum absolute atomic E-state index is 12.7. The molecule has 10 heteroatoms. The van der Waals surface area contributed by atoms with Gasteiger partial charge < -0.3 is 24.5 Å². The van der Waals surface area contributed by atoms with Gasteiger partial charge in [-0.3, -0.25) is 9.18 Å². The Kier molecular flexibility index (Phi) is 8.18. The molecule has 3 heterocycles. The fourth-order valence-electron chi connectivity index (χ4n) is 4.01. The summed E-state index contributed by atoms with van der Waals surface area (Å²) in [5.41, 5.74) is 3.71. The normalized spacial score (nSPS) is 14.9. The van der Waals surface area contributed by atoms with Crippen molar-refractivity contribution in [2.45, 2.75) is 38.2 Å². The van der Waals surface area contributed by atoms with E-state index in [2.05, 4.69) is 32.0 Å². The lowest BCUT2D eigenvalue weighted by Crippen LogP contribution is -2.36. The number of aromatic amines is 1. The Balaban J connectivity index is 1.50. The summed E-state index contributed by atoms with van der Waals surface area (Å²) < 4.78 is 24.0. The highest BCUT2D eigenvalue weighted by Gasteiger charge is 2.17. The summed E-state index contributed by atoms with van der Waals surface area (Å²) >= 11 is 6.53. The third-order valence-electron chi connectivity index (χ3n) is 5.78. The number of halogens is 2. The van der Waals surface area contributed by atoms with Crippen LogP contribution in [-0.2, 0) is 9.53 Å². The van der Waals surface area contributed by atoms with Gasteiger partial charge in [0, 0.05) is 30.8 Å². The van der Waals surface area contributed by atoms with Gasteiger partial charge >= 0.3 is 5.97 Å². The van der Waals surface area contributed by atoms with E-state index in [9.17, 15) is 9.18 Å². The first-order chi connectivity index (χ1) is 16.5. The molecule has 0 amide bonds. The van der Waals surface area contributed by atoms with Gasteiger partial charge in [-0.25, -0.2) is 4.98 Å². The van der Waals surface area contributed by atoms with Crippen LogP contribution in [0.4, 0.5) is 10.1 Å². The molecule has 8 nitrogen and oxygen atoms in total. The van der Waals surface area contributed by atoms with Gasteiger partial charge in [-0.2, -0.15) is 4.98 Å². The number of alkyl halides is 1. The van der Waals surface area contributed by atoms with E-state index in [-0.39, 0.29) is 18.5 Å². The van der Waals surface area contributed by atoms with Crippen molar-refractivity contribution in [1.29, 1.82) is 0 Å². The third kappa shape index (κ3) is 6.15. The largest absolute Gasteiger partial charge is 0.481 e. The zero-order chi connectivity index (χ0) is 23.9. The van der Waals surface area contributed by atoms with Gasteiger partial charge in [0.05, 0.1) is 36.1 Å². The highest BCUT2D eigenvalue weighted by Crippen LogP contribution is 2.31. The van der Waals surface area contributed by atoms with E-state index in [1.807, 2.05) is 12.1 Å². The van der Waals surface area contributed by atoms with Crippen LogP contribution in [0.25, 0.3) is 22.4 Å². The molecule has 0 unspecified atom stereocenters.